The summed E-state index contributed by atoms with van der Waals surface area (Å²) in [5, 5.41) is 3.58. The van der Waals surface area contributed by atoms with Crippen LogP contribution in [-0.2, 0) is 6.54 Å². The Bertz CT molecular complexity index is 342. The van der Waals surface area contributed by atoms with E-state index in [4.69, 9.17) is 0 Å². The summed E-state index contributed by atoms with van der Waals surface area (Å²) in [4.78, 5) is 4.38. The minimum Gasteiger partial charge on any atom is -0.311 e. The molecule has 94 valence electrons. The van der Waals surface area contributed by atoms with Gasteiger partial charge in [-0.15, -0.1) is 0 Å². The monoisotopic (exact) mass is 296 g/mol. The number of hydrogen-bond acceptors (Lipinski definition) is 2. The molecule has 2 rings (SSSR count). The third-order valence-electron chi connectivity index (χ3n) is 4.01. The lowest BCUT2D eigenvalue weighted by molar-refractivity contribution is 0.268. The summed E-state index contributed by atoms with van der Waals surface area (Å²) in [5.74, 6) is 0. The molecular weight excluding hydrogens is 276 g/mol. The van der Waals surface area contributed by atoms with Crippen molar-refractivity contribution in [1.82, 2.24) is 10.3 Å². The first-order valence-electron chi connectivity index (χ1n) is 6.55. The molecule has 0 bridgehead atoms. The van der Waals surface area contributed by atoms with E-state index >= 15 is 0 Å². The Morgan fingerprint density at radius 3 is 2.71 bits per heavy atom. The third-order valence-corrected chi connectivity index (χ3v) is 4.48. The first-order valence-corrected chi connectivity index (χ1v) is 7.35. The fraction of sp³-hybridized carbons (Fsp3) is 0.643. The second-order valence-corrected chi connectivity index (χ2v) is 6.05. The second-order valence-electron chi connectivity index (χ2n) is 5.13. The quantitative estimate of drug-likeness (QED) is 0.891. The Labute approximate surface area is 112 Å². The zero-order valence-corrected chi connectivity index (χ0v) is 12.1. The van der Waals surface area contributed by atoms with E-state index in [2.05, 4.69) is 45.3 Å². The van der Waals surface area contributed by atoms with E-state index in [0.29, 0.717) is 5.41 Å². The topological polar surface area (TPSA) is 24.9 Å². The highest BCUT2D eigenvalue weighted by molar-refractivity contribution is 9.10. The van der Waals surface area contributed by atoms with Crippen LogP contribution in [0.2, 0.25) is 0 Å². The number of hydrogen-bond donors (Lipinski definition) is 1. The molecule has 0 aliphatic heterocycles. The van der Waals surface area contributed by atoms with Crippen LogP contribution in [0, 0.1) is 5.41 Å². The van der Waals surface area contributed by atoms with Crippen LogP contribution in [-0.4, -0.2) is 11.5 Å². The summed E-state index contributed by atoms with van der Waals surface area (Å²) in [6.07, 6.45) is 8.77. The van der Waals surface area contributed by atoms with Crippen molar-refractivity contribution in [2.24, 2.45) is 5.41 Å². The van der Waals surface area contributed by atoms with E-state index in [0.717, 1.165) is 23.3 Å². The average Bonchev–Trinajstić information content (AvgIpc) is 2.81. The molecule has 0 amide bonds. The highest BCUT2D eigenvalue weighted by Crippen LogP contribution is 2.40. The van der Waals surface area contributed by atoms with E-state index in [-0.39, 0.29) is 0 Å². The highest BCUT2D eigenvalue weighted by atomic mass is 79.9. The smallest absolute Gasteiger partial charge is 0.0542 e. The van der Waals surface area contributed by atoms with Gasteiger partial charge in [-0.05, 0) is 52.7 Å². The van der Waals surface area contributed by atoms with Gasteiger partial charge in [0.2, 0.25) is 0 Å². The third kappa shape index (κ3) is 3.52. The number of rotatable bonds is 5. The van der Waals surface area contributed by atoms with Gasteiger partial charge in [0.05, 0.1) is 5.69 Å². The SMILES string of the molecule is CCC1(CNCc2ccc(Br)cn2)CCCC1. The first kappa shape index (κ1) is 13.0. The molecule has 0 aromatic carbocycles. The minimum atomic E-state index is 0.565. The van der Waals surface area contributed by atoms with Crippen LogP contribution in [0.15, 0.2) is 22.8 Å². The van der Waals surface area contributed by atoms with Crippen molar-refractivity contribution < 1.29 is 0 Å². The van der Waals surface area contributed by atoms with Gasteiger partial charge >= 0.3 is 0 Å². The average molecular weight is 297 g/mol. The molecule has 0 radical (unpaired) electrons. The maximum absolute atomic E-state index is 4.38. The molecular formula is C14H21BrN2. The van der Waals surface area contributed by atoms with Gasteiger partial charge in [-0.3, -0.25) is 4.98 Å². The molecule has 0 unspecified atom stereocenters. The van der Waals surface area contributed by atoms with Crippen LogP contribution in [0.4, 0.5) is 0 Å². The van der Waals surface area contributed by atoms with Gasteiger partial charge in [-0.1, -0.05) is 19.8 Å². The maximum atomic E-state index is 4.38. The fourth-order valence-corrected chi connectivity index (χ4v) is 2.98. The lowest BCUT2D eigenvalue weighted by Gasteiger charge is -2.27. The van der Waals surface area contributed by atoms with Crippen molar-refractivity contribution in [3.05, 3.63) is 28.5 Å². The Morgan fingerprint density at radius 2 is 2.12 bits per heavy atom. The molecule has 1 aromatic rings. The van der Waals surface area contributed by atoms with Gasteiger partial charge in [0.25, 0.3) is 0 Å². The molecule has 1 fully saturated rings. The lowest BCUT2D eigenvalue weighted by atomic mass is 9.83. The van der Waals surface area contributed by atoms with Gasteiger partial charge in [0, 0.05) is 23.8 Å². The molecule has 2 nitrogen and oxygen atoms in total. The van der Waals surface area contributed by atoms with Gasteiger partial charge in [0.1, 0.15) is 0 Å². The van der Waals surface area contributed by atoms with Gasteiger partial charge in [-0.2, -0.15) is 0 Å². The second kappa shape index (κ2) is 5.96. The number of pyridine rings is 1. The molecule has 0 atom stereocenters. The molecule has 17 heavy (non-hydrogen) atoms. The van der Waals surface area contributed by atoms with Crippen LogP contribution >= 0.6 is 15.9 Å². The summed E-state index contributed by atoms with van der Waals surface area (Å²) in [7, 11) is 0. The van der Waals surface area contributed by atoms with Gasteiger partial charge in [0.15, 0.2) is 0 Å². The van der Waals surface area contributed by atoms with Crippen molar-refractivity contribution in [3.63, 3.8) is 0 Å². The predicted octanol–water partition coefficient (Wildman–Crippen LogP) is 3.90. The van der Waals surface area contributed by atoms with Crippen LogP contribution in [0.5, 0.6) is 0 Å². The minimum absolute atomic E-state index is 0.565. The summed E-state index contributed by atoms with van der Waals surface area (Å²) in [5.41, 5.74) is 1.69. The highest BCUT2D eigenvalue weighted by Gasteiger charge is 2.31. The molecule has 1 saturated carbocycles. The van der Waals surface area contributed by atoms with Gasteiger partial charge in [-0.25, -0.2) is 0 Å². The fourth-order valence-electron chi connectivity index (χ4n) is 2.75. The Hall–Kier alpha value is -0.410. The molecule has 1 heterocycles. The number of nitrogens with zero attached hydrogens (tertiary/aromatic N) is 1. The molecule has 1 aliphatic carbocycles. The molecule has 1 N–H and O–H groups in total. The van der Waals surface area contributed by atoms with Crippen LogP contribution < -0.4 is 5.32 Å². The zero-order chi connectivity index (χ0) is 12.1. The zero-order valence-electron chi connectivity index (χ0n) is 10.5. The predicted molar refractivity (Wildman–Crippen MR) is 74.8 cm³/mol. The standard InChI is InChI=1S/C14H21BrN2/c1-2-14(7-3-4-8-14)11-16-10-13-6-5-12(15)9-17-13/h5-6,9,16H,2-4,7-8,10-11H2,1H3. The molecule has 1 aliphatic rings. The number of aromatic nitrogens is 1. The van der Waals surface area contributed by atoms with Crippen molar-refractivity contribution in [2.45, 2.75) is 45.6 Å². The van der Waals surface area contributed by atoms with E-state index < -0.39 is 0 Å². The van der Waals surface area contributed by atoms with E-state index in [9.17, 15) is 0 Å². The Kier molecular flexibility index (Phi) is 4.57. The Morgan fingerprint density at radius 1 is 1.35 bits per heavy atom. The largest absolute Gasteiger partial charge is 0.311 e. The Balaban J connectivity index is 1.80. The van der Waals surface area contributed by atoms with E-state index in [1.54, 1.807) is 0 Å². The normalized spacial score (nSPS) is 18.5. The van der Waals surface area contributed by atoms with Gasteiger partial charge < -0.3 is 5.32 Å². The molecule has 0 spiro atoms. The van der Waals surface area contributed by atoms with Crippen molar-refractivity contribution >= 4 is 15.9 Å². The summed E-state index contributed by atoms with van der Waals surface area (Å²) in [6.45, 7) is 4.35. The van der Waals surface area contributed by atoms with E-state index in [1.807, 2.05) is 6.20 Å². The molecule has 3 heteroatoms. The lowest BCUT2D eigenvalue weighted by Crippen LogP contribution is -2.31. The summed E-state index contributed by atoms with van der Waals surface area (Å²) < 4.78 is 1.04. The van der Waals surface area contributed by atoms with Crippen LogP contribution in [0.1, 0.15) is 44.7 Å². The first-order chi connectivity index (χ1) is 8.24. The van der Waals surface area contributed by atoms with Crippen molar-refractivity contribution in [1.29, 1.82) is 0 Å². The maximum Gasteiger partial charge on any atom is 0.0542 e. The van der Waals surface area contributed by atoms with Crippen LogP contribution in [0.25, 0.3) is 0 Å². The molecule has 1 aromatic heterocycles. The van der Waals surface area contributed by atoms with Crippen LogP contribution in [0.3, 0.4) is 0 Å². The van der Waals surface area contributed by atoms with Crippen molar-refractivity contribution in [3.8, 4) is 0 Å². The summed E-state index contributed by atoms with van der Waals surface area (Å²) >= 11 is 3.40. The van der Waals surface area contributed by atoms with E-state index in [1.165, 1.54) is 32.1 Å². The number of nitrogens with one attached hydrogen (secondary N) is 1. The number of halogens is 1. The summed E-state index contributed by atoms with van der Waals surface area (Å²) in [6, 6.07) is 4.12. The molecule has 0 saturated heterocycles. The van der Waals surface area contributed by atoms with Crippen molar-refractivity contribution in [2.75, 3.05) is 6.54 Å².